The number of para-hydroxylation sites is 2. The van der Waals surface area contributed by atoms with Crippen molar-refractivity contribution in [3.63, 3.8) is 0 Å². The van der Waals surface area contributed by atoms with Gasteiger partial charge < -0.3 is 14.9 Å². The Morgan fingerprint density at radius 2 is 1.74 bits per heavy atom. The maximum atomic E-state index is 12.8. The molecule has 0 saturated carbocycles. The first kappa shape index (κ1) is 17.1. The second-order valence-corrected chi connectivity index (χ2v) is 6.73. The molecule has 5 heteroatoms. The summed E-state index contributed by atoms with van der Waals surface area (Å²) < 4.78 is 1.95. The number of hydrogen-bond donors (Lipinski definition) is 2. The van der Waals surface area contributed by atoms with Crippen LogP contribution in [0.1, 0.15) is 21.6 Å². The summed E-state index contributed by atoms with van der Waals surface area (Å²) in [6, 6.07) is 15.7. The summed E-state index contributed by atoms with van der Waals surface area (Å²) in [6.07, 6.45) is 2.62. The van der Waals surface area contributed by atoms with E-state index in [1.54, 1.807) is 0 Å². The summed E-state index contributed by atoms with van der Waals surface area (Å²) in [6.45, 7) is 2.28. The van der Waals surface area contributed by atoms with Gasteiger partial charge in [0, 0.05) is 47.3 Å². The zero-order chi connectivity index (χ0) is 19.0. The maximum Gasteiger partial charge on any atom is 0.292 e. The number of Topliss-reactive ketones (excluding diaryl/α,β-unsaturated/α-hetero) is 1. The van der Waals surface area contributed by atoms with Crippen molar-refractivity contribution in [1.82, 2.24) is 14.9 Å². The van der Waals surface area contributed by atoms with Gasteiger partial charge in [0.2, 0.25) is 0 Å². The number of amides is 1. The lowest BCUT2D eigenvalue weighted by molar-refractivity contribution is -0.116. The van der Waals surface area contributed by atoms with E-state index in [0.717, 1.165) is 33.1 Å². The number of hydrogen-bond acceptors (Lipinski definition) is 2. The van der Waals surface area contributed by atoms with E-state index in [2.05, 4.69) is 10.3 Å². The van der Waals surface area contributed by atoms with Crippen molar-refractivity contribution in [2.75, 3.05) is 6.54 Å². The van der Waals surface area contributed by atoms with Gasteiger partial charge in [0.15, 0.2) is 0 Å². The predicted octanol–water partition coefficient (Wildman–Crippen LogP) is 3.51. The molecule has 0 unspecified atom stereocenters. The zero-order valence-corrected chi connectivity index (χ0v) is 15.4. The molecule has 1 amide bonds. The smallest absolute Gasteiger partial charge is 0.292 e. The van der Waals surface area contributed by atoms with Crippen molar-refractivity contribution in [2.24, 2.45) is 7.05 Å². The summed E-state index contributed by atoms with van der Waals surface area (Å²) >= 11 is 0. The molecule has 0 saturated heterocycles. The molecular formula is C22H21N3O2. The van der Waals surface area contributed by atoms with Gasteiger partial charge >= 0.3 is 0 Å². The molecule has 0 bridgehead atoms. The molecule has 2 N–H and O–H groups in total. The van der Waals surface area contributed by atoms with E-state index in [0.29, 0.717) is 18.5 Å². The van der Waals surface area contributed by atoms with Crippen LogP contribution in [0.4, 0.5) is 0 Å². The van der Waals surface area contributed by atoms with Crippen molar-refractivity contribution >= 4 is 33.5 Å². The number of rotatable bonds is 5. The fourth-order valence-corrected chi connectivity index (χ4v) is 3.65. The first-order valence-corrected chi connectivity index (χ1v) is 8.99. The van der Waals surface area contributed by atoms with E-state index in [-0.39, 0.29) is 0 Å². The lowest BCUT2D eigenvalue weighted by atomic mass is 10.1. The van der Waals surface area contributed by atoms with Crippen LogP contribution in [0, 0.1) is 6.92 Å². The van der Waals surface area contributed by atoms with Gasteiger partial charge in [0.1, 0.15) is 0 Å². The number of H-pyrrole nitrogens is 1. The van der Waals surface area contributed by atoms with Crippen LogP contribution in [0.5, 0.6) is 0 Å². The molecule has 0 aliphatic heterocycles. The van der Waals surface area contributed by atoms with E-state index in [1.807, 2.05) is 73.3 Å². The van der Waals surface area contributed by atoms with Gasteiger partial charge in [-0.3, -0.25) is 9.59 Å². The fourth-order valence-electron chi connectivity index (χ4n) is 3.65. The summed E-state index contributed by atoms with van der Waals surface area (Å²) in [5.74, 6) is -1.04. The third-order valence-electron chi connectivity index (χ3n) is 5.19. The van der Waals surface area contributed by atoms with Crippen LogP contribution in [-0.4, -0.2) is 27.8 Å². The summed E-state index contributed by atoms with van der Waals surface area (Å²) in [4.78, 5) is 28.5. The van der Waals surface area contributed by atoms with E-state index < -0.39 is 11.7 Å². The minimum absolute atomic E-state index is 0.413. The number of aromatic nitrogens is 2. The third kappa shape index (κ3) is 2.91. The Morgan fingerprint density at radius 3 is 2.56 bits per heavy atom. The van der Waals surface area contributed by atoms with Crippen molar-refractivity contribution in [3.05, 3.63) is 71.5 Å². The second-order valence-electron chi connectivity index (χ2n) is 6.73. The number of aromatic amines is 1. The molecule has 27 heavy (non-hydrogen) atoms. The standard InChI is InChI=1S/C22H21N3O2/c1-14-20(17-8-4-6-10-19(17)25(14)2)21(26)22(27)23-12-11-15-13-24-18-9-5-3-7-16(15)18/h3-10,13,24H,11-12H2,1-2H3,(H,23,27). The molecule has 2 aromatic carbocycles. The average Bonchev–Trinajstić information content (AvgIpc) is 3.21. The lowest BCUT2D eigenvalue weighted by Gasteiger charge is -2.05. The first-order chi connectivity index (χ1) is 13.1. The van der Waals surface area contributed by atoms with Crippen LogP contribution in [-0.2, 0) is 18.3 Å². The van der Waals surface area contributed by atoms with E-state index >= 15 is 0 Å². The molecule has 5 nitrogen and oxygen atoms in total. The molecule has 0 fully saturated rings. The van der Waals surface area contributed by atoms with Crippen molar-refractivity contribution < 1.29 is 9.59 Å². The quantitative estimate of drug-likeness (QED) is 0.423. The molecule has 4 rings (SSSR count). The molecule has 0 aliphatic rings. The highest BCUT2D eigenvalue weighted by molar-refractivity contribution is 6.45. The largest absolute Gasteiger partial charge is 0.361 e. The highest BCUT2D eigenvalue weighted by Crippen LogP contribution is 2.25. The topological polar surface area (TPSA) is 66.9 Å². The van der Waals surface area contributed by atoms with Crippen LogP contribution in [0.15, 0.2) is 54.7 Å². The number of nitrogens with one attached hydrogen (secondary N) is 2. The Hall–Kier alpha value is -3.34. The lowest BCUT2D eigenvalue weighted by Crippen LogP contribution is -2.32. The average molecular weight is 359 g/mol. The number of ketones is 1. The number of nitrogens with zero attached hydrogens (tertiary/aromatic N) is 1. The molecule has 2 aromatic heterocycles. The number of aryl methyl sites for hydroxylation is 1. The van der Waals surface area contributed by atoms with Crippen molar-refractivity contribution in [3.8, 4) is 0 Å². The SMILES string of the molecule is Cc1c(C(=O)C(=O)NCCc2c[nH]c3ccccc23)c2ccccc2n1C. The van der Waals surface area contributed by atoms with Gasteiger partial charge in [0.25, 0.3) is 11.7 Å². The van der Waals surface area contributed by atoms with Crippen LogP contribution >= 0.6 is 0 Å². The Bertz CT molecular complexity index is 1170. The summed E-state index contributed by atoms with van der Waals surface area (Å²) in [5, 5.41) is 4.73. The summed E-state index contributed by atoms with van der Waals surface area (Å²) in [5.41, 5.74) is 4.43. The Labute approximate surface area is 157 Å². The van der Waals surface area contributed by atoms with Gasteiger partial charge in [-0.1, -0.05) is 36.4 Å². The molecule has 2 heterocycles. The van der Waals surface area contributed by atoms with Gasteiger partial charge in [-0.15, -0.1) is 0 Å². The van der Waals surface area contributed by atoms with Crippen LogP contribution in [0.3, 0.4) is 0 Å². The molecule has 136 valence electrons. The van der Waals surface area contributed by atoms with Crippen LogP contribution in [0.2, 0.25) is 0 Å². The van der Waals surface area contributed by atoms with E-state index in [4.69, 9.17) is 0 Å². The Kier molecular flexibility index (Phi) is 4.28. The minimum atomic E-state index is -0.561. The number of carbonyl (C=O) groups excluding carboxylic acids is 2. The molecular weight excluding hydrogens is 338 g/mol. The molecule has 0 radical (unpaired) electrons. The highest BCUT2D eigenvalue weighted by Gasteiger charge is 2.23. The maximum absolute atomic E-state index is 12.8. The predicted molar refractivity (Wildman–Crippen MR) is 107 cm³/mol. The minimum Gasteiger partial charge on any atom is -0.361 e. The Morgan fingerprint density at radius 1 is 1.04 bits per heavy atom. The zero-order valence-electron chi connectivity index (χ0n) is 15.4. The second kappa shape index (κ2) is 6.76. The molecule has 0 atom stereocenters. The molecule has 4 aromatic rings. The van der Waals surface area contributed by atoms with E-state index in [9.17, 15) is 9.59 Å². The van der Waals surface area contributed by atoms with Gasteiger partial charge in [0.05, 0.1) is 5.56 Å². The number of carbonyl (C=O) groups is 2. The van der Waals surface area contributed by atoms with Gasteiger partial charge in [-0.2, -0.15) is 0 Å². The first-order valence-electron chi connectivity index (χ1n) is 8.99. The monoisotopic (exact) mass is 359 g/mol. The van der Waals surface area contributed by atoms with Gasteiger partial charge in [-0.25, -0.2) is 0 Å². The summed E-state index contributed by atoms with van der Waals surface area (Å²) in [7, 11) is 1.91. The van der Waals surface area contributed by atoms with Crippen LogP contribution in [0.25, 0.3) is 21.8 Å². The van der Waals surface area contributed by atoms with Crippen molar-refractivity contribution in [1.29, 1.82) is 0 Å². The number of fused-ring (bicyclic) bond motifs is 2. The van der Waals surface area contributed by atoms with Crippen molar-refractivity contribution in [2.45, 2.75) is 13.3 Å². The van der Waals surface area contributed by atoms with Crippen LogP contribution < -0.4 is 5.32 Å². The molecule has 0 spiro atoms. The Balaban J connectivity index is 1.49. The normalized spacial score (nSPS) is 11.2. The number of benzene rings is 2. The van der Waals surface area contributed by atoms with E-state index in [1.165, 1.54) is 0 Å². The highest BCUT2D eigenvalue weighted by atomic mass is 16.2. The van der Waals surface area contributed by atoms with Gasteiger partial charge in [-0.05, 0) is 31.0 Å². The molecule has 0 aliphatic carbocycles. The fraction of sp³-hybridized carbons (Fsp3) is 0.182. The third-order valence-corrected chi connectivity index (χ3v) is 5.19.